The number of hydrazine groups is 1. The Kier molecular flexibility index (Phi) is 3.85. The van der Waals surface area contributed by atoms with Gasteiger partial charge < -0.3 is 9.75 Å². The van der Waals surface area contributed by atoms with Gasteiger partial charge in [-0.3, -0.25) is 0 Å². The van der Waals surface area contributed by atoms with Crippen LogP contribution in [-0.4, -0.2) is 23.0 Å². The molecule has 1 rings (SSSR count). The van der Waals surface area contributed by atoms with Crippen molar-refractivity contribution in [1.82, 2.24) is 5.01 Å². The first-order valence-corrected chi connectivity index (χ1v) is 4.88. The molecule has 0 saturated carbocycles. The lowest BCUT2D eigenvalue weighted by Crippen LogP contribution is -2.29. The highest BCUT2D eigenvalue weighted by Gasteiger charge is 2.13. The van der Waals surface area contributed by atoms with Crippen molar-refractivity contribution in [2.45, 2.75) is 12.3 Å². The van der Waals surface area contributed by atoms with Gasteiger partial charge in [0, 0.05) is 12.3 Å². The number of ether oxygens (including phenoxy) is 1. The molecule has 0 radical (unpaired) electrons. The van der Waals surface area contributed by atoms with Crippen LogP contribution in [0.1, 0.15) is 6.92 Å². The van der Waals surface area contributed by atoms with E-state index < -0.39 is 0 Å². The fraction of sp³-hybridized carbons (Fsp3) is 0.375. The molecular formula is C8H12N2O2S. The minimum absolute atomic E-state index is 0.00408. The second-order valence-electron chi connectivity index (χ2n) is 2.37. The predicted octanol–water partition coefficient (Wildman–Crippen LogP) is 0.826. The molecule has 13 heavy (non-hydrogen) atoms. The van der Waals surface area contributed by atoms with Crippen LogP contribution in [0.25, 0.3) is 0 Å². The van der Waals surface area contributed by atoms with Gasteiger partial charge in [-0.2, -0.15) is 0 Å². The van der Waals surface area contributed by atoms with Crippen LogP contribution in [0, 0.1) is 0 Å². The van der Waals surface area contributed by atoms with Gasteiger partial charge in [0.2, 0.25) is 0 Å². The number of carbonyl (C=O) groups excluding carboxylic acids is 1. The molecule has 0 aliphatic carbocycles. The lowest BCUT2D eigenvalue weighted by molar-refractivity contribution is -0.137. The lowest BCUT2D eigenvalue weighted by Gasteiger charge is -2.14. The van der Waals surface area contributed by atoms with Crippen molar-refractivity contribution in [2.75, 3.05) is 6.61 Å². The van der Waals surface area contributed by atoms with Crippen LogP contribution in [0.4, 0.5) is 0 Å². The molecule has 0 aromatic rings. The second kappa shape index (κ2) is 4.94. The molecule has 1 unspecified atom stereocenters. The zero-order valence-electron chi connectivity index (χ0n) is 7.34. The van der Waals surface area contributed by atoms with Crippen molar-refractivity contribution in [2.24, 2.45) is 5.84 Å². The Bertz CT molecular complexity index is 240. The normalized spacial score (nSPS) is 21.4. The standard InChI is InChI=1S/C8H12N2O2S/c1-2-12-8(11)4-3-7-10(9)5-6-13-7/h3-7H,2,9H2,1H3. The average molecular weight is 200 g/mol. The van der Waals surface area contributed by atoms with Gasteiger partial charge in [0.25, 0.3) is 0 Å². The van der Waals surface area contributed by atoms with Gasteiger partial charge in [0.15, 0.2) is 0 Å². The molecule has 0 saturated heterocycles. The van der Waals surface area contributed by atoms with E-state index in [4.69, 9.17) is 10.6 Å². The van der Waals surface area contributed by atoms with Crippen molar-refractivity contribution in [3.8, 4) is 0 Å². The summed E-state index contributed by atoms with van der Waals surface area (Å²) in [5.74, 6) is 5.23. The van der Waals surface area contributed by atoms with Crippen LogP contribution in [0.15, 0.2) is 23.8 Å². The van der Waals surface area contributed by atoms with E-state index in [1.165, 1.54) is 22.8 Å². The van der Waals surface area contributed by atoms with E-state index in [9.17, 15) is 4.79 Å². The van der Waals surface area contributed by atoms with Crippen molar-refractivity contribution in [3.63, 3.8) is 0 Å². The smallest absolute Gasteiger partial charge is 0.330 e. The van der Waals surface area contributed by atoms with E-state index >= 15 is 0 Å². The molecule has 0 spiro atoms. The Hall–Kier alpha value is -0.940. The van der Waals surface area contributed by atoms with Gasteiger partial charge in [-0.05, 0) is 18.4 Å². The molecule has 5 heteroatoms. The molecule has 0 aromatic carbocycles. The van der Waals surface area contributed by atoms with Crippen molar-refractivity contribution < 1.29 is 9.53 Å². The molecule has 2 N–H and O–H groups in total. The average Bonchev–Trinajstić information content (AvgIpc) is 2.48. The van der Waals surface area contributed by atoms with Crippen LogP contribution in [0.3, 0.4) is 0 Å². The van der Waals surface area contributed by atoms with E-state index in [0.717, 1.165) is 0 Å². The molecule has 1 aliphatic heterocycles. The third kappa shape index (κ3) is 3.12. The maximum absolute atomic E-state index is 10.9. The SMILES string of the molecule is CCOC(=O)C=CC1SC=CN1N. The fourth-order valence-electron chi connectivity index (χ4n) is 0.837. The van der Waals surface area contributed by atoms with Crippen LogP contribution in [-0.2, 0) is 9.53 Å². The lowest BCUT2D eigenvalue weighted by atomic mass is 10.5. The summed E-state index contributed by atoms with van der Waals surface area (Å²) in [5, 5.41) is 3.41. The van der Waals surface area contributed by atoms with Gasteiger partial charge in [-0.25, -0.2) is 10.6 Å². The molecule has 0 bridgehead atoms. The highest BCUT2D eigenvalue weighted by molar-refractivity contribution is 8.03. The molecule has 0 amide bonds. The van der Waals surface area contributed by atoms with Crippen molar-refractivity contribution >= 4 is 17.7 Å². The number of carbonyl (C=O) groups is 1. The number of rotatable bonds is 3. The van der Waals surface area contributed by atoms with E-state index in [2.05, 4.69) is 0 Å². The monoisotopic (exact) mass is 200 g/mol. The Morgan fingerprint density at radius 3 is 3.15 bits per heavy atom. The quantitative estimate of drug-likeness (QED) is 0.415. The first-order valence-electron chi connectivity index (χ1n) is 3.94. The Balaban J connectivity index is 2.35. The summed E-state index contributed by atoms with van der Waals surface area (Å²) in [6, 6.07) is 0. The summed E-state index contributed by atoms with van der Waals surface area (Å²) in [4.78, 5) is 10.9. The van der Waals surface area contributed by atoms with Crippen molar-refractivity contribution in [3.05, 3.63) is 23.8 Å². The third-order valence-corrected chi connectivity index (χ3v) is 2.39. The van der Waals surface area contributed by atoms with E-state index in [1.54, 1.807) is 19.2 Å². The summed E-state index contributed by atoms with van der Waals surface area (Å²) >= 11 is 1.54. The van der Waals surface area contributed by atoms with Gasteiger partial charge >= 0.3 is 5.97 Å². The number of esters is 1. The summed E-state index contributed by atoms with van der Waals surface area (Å²) in [5.41, 5.74) is 0. The summed E-state index contributed by atoms with van der Waals surface area (Å²) in [7, 11) is 0. The van der Waals surface area contributed by atoms with Crippen LogP contribution in [0.5, 0.6) is 0 Å². The van der Waals surface area contributed by atoms with Crippen molar-refractivity contribution in [1.29, 1.82) is 0 Å². The fourth-order valence-corrected chi connectivity index (χ4v) is 1.59. The highest BCUT2D eigenvalue weighted by atomic mass is 32.2. The van der Waals surface area contributed by atoms with Crippen LogP contribution >= 0.6 is 11.8 Å². The van der Waals surface area contributed by atoms with E-state index in [0.29, 0.717) is 6.61 Å². The third-order valence-electron chi connectivity index (χ3n) is 1.43. The number of hydrogen-bond acceptors (Lipinski definition) is 5. The molecule has 1 aliphatic rings. The Morgan fingerprint density at radius 2 is 2.62 bits per heavy atom. The molecule has 72 valence electrons. The molecule has 0 fully saturated rings. The number of nitrogens with zero attached hydrogens (tertiary/aromatic N) is 1. The number of nitrogens with two attached hydrogens (primary N) is 1. The maximum atomic E-state index is 10.9. The highest BCUT2D eigenvalue weighted by Crippen LogP contribution is 2.22. The first kappa shape index (κ1) is 10.1. The van der Waals surface area contributed by atoms with E-state index in [1.807, 2.05) is 5.41 Å². The minimum Gasteiger partial charge on any atom is -0.463 e. The second-order valence-corrected chi connectivity index (χ2v) is 3.40. The molecule has 4 nitrogen and oxygen atoms in total. The van der Waals surface area contributed by atoms with Gasteiger partial charge in [0.1, 0.15) is 5.37 Å². The molecular weight excluding hydrogens is 188 g/mol. The first-order chi connectivity index (χ1) is 6.24. The topological polar surface area (TPSA) is 55.6 Å². The summed E-state index contributed by atoms with van der Waals surface area (Å²) in [6.07, 6.45) is 4.86. The van der Waals surface area contributed by atoms with Gasteiger partial charge in [0.05, 0.1) is 6.61 Å². The Morgan fingerprint density at radius 1 is 1.85 bits per heavy atom. The van der Waals surface area contributed by atoms with Gasteiger partial charge in [-0.15, -0.1) is 11.8 Å². The zero-order valence-corrected chi connectivity index (χ0v) is 8.16. The molecule has 1 atom stereocenters. The number of thioether (sulfide) groups is 1. The zero-order chi connectivity index (χ0) is 9.68. The van der Waals surface area contributed by atoms with Crippen LogP contribution in [0.2, 0.25) is 0 Å². The largest absolute Gasteiger partial charge is 0.463 e. The minimum atomic E-state index is -0.330. The Labute approximate surface area is 81.4 Å². The molecule has 0 aromatic heterocycles. The van der Waals surface area contributed by atoms with E-state index in [-0.39, 0.29) is 11.3 Å². The predicted molar refractivity (Wildman–Crippen MR) is 52.3 cm³/mol. The van der Waals surface area contributed by atoms with Gasteiger partial charge in [-0.1, -0.05) is 0 Å². The number of hydrogen-bond donors (Lipinski definition) is 1. The van der Waals surface area contributed by atoms with Crippen LogP contribution < -0.4 is 5.84 Å². The molecule has 1 heterocycles. The maximum Gasteiger partial charge on any atom is 0.330 e. The summed E-state index contributed by atoms with van der Waals surface area (Å²) in [6.45, 7) is 2.17. The summed E-state index contributed by atoms with van der Waals surface area (Å²) < 4.78 is 4.72.